The molecule has 3 nitrogen and oxygen atoms in total. The normalized spacial score (nSPS) is 13.2. The fourth-order valence-corrected chi connectivity index (χ4v) is 3.55. The van der Waals surface area contributed by atoms with Gasteiger partial charge in [0, 0.05) is 0 Å². The van der Waals surface area contributed by atoms with Gasteiger partial charge >= 0.3 is 0 Å². The SMILES string of the molecule is Br.CCCCCCCCCCCCCC(C)C(C)(C)C(C)(C)N=C(N)N. The van der Waals surface area contributed by atoms with Crippen molar-refractivity contribution in [3.05, 3.63) is 0 Å². The van der Waals surface area contributed by atoms with Gasteiger partial charge in [0.25, 0.3) is 0 Å². The summed E-state index contributed by atoms with van der Waals surface area (Å²) in [6.45, 7) is 13.5. The molecule has 0 aliphatic carbocycles. The van der Waals surface area contributed by atoms with Crippen LogP contribution in [-0.2, 0) is 0 Å². The standard InChI is InChI=1S/C22H47N3.BrH/c1-7-8-9-10-11-12-13-14-15-16-17-18-19(2)21(3,4)22(5,6)25-20(23)24;/h19H,7-18H2,1-6H3,(H4,23,24,25);1H. The van der Waals surface area contributed by atoms with Gasteiger partial charge in [-0.15, -0.1) is 17.0 Å². The Kier molecular flexibility index (Phi) is 15.9. The molecule has 1 atom stereocenters. The molecule has 0 heterocycles. The highest BCUT2D eigenvalue weighted by Crippen LogP contribution is 2.42. The molecule has 0 aromatic carbocycles. The minimum atomic E-state index is -0.233. The van der Waals surface area contributed by atoms with Crippen LogP contribution in [0.4, 0.5) is 0 Å². The Morgan fingerprint density at radius 2 is 1.15 bits per heavy atom. The van der Waals surface area contributed by atoms with Crippen molar-refractivity contribution in [2.45, 2.75) is 124 Å². The highest BCUT2D eigenvalue weighted by atomic mass is 79.9. The zero-order valence-corrected chi connectivity index (χ0v) is 20.3. The Balaban J connectivity index is 0. The average molecular weight is 435 g/mol. The van der Waals surface area contributed by atoms with E-state index in [1.54, 1.807) is 0 Å². The zero-order chi connectivity index (χ0) is 19.3. The summed E-state index contributed by atoms with van der Waals surface area (Å²) in [4.78, 5) is 4.48. The largest absolute Gasteiger partial charge is 0.370 e. The van der Waals surface area contributed by atoms with Crippen LogP contribution < -0.4 is 11.5 Å². The summed E-state index contributed by atoms with van der Waals surface area (Å²) >= 11 is 0. The second-order valence-corrected chi connectivity index (χ2v) is 9.04. The molecule has 26 heavy (non-hydrogen) atoms. The van der Waals surface area contributed by atoms with E-state index in [0.29, 0.717) is 5.92 Å². The number of hydrogen-bond donors (Lipinski definition) is 2. The summed E-state index contributed by atoms with van der Waals surface area (Å²) < 4.78 is 0. The Labute approximate surface area is 174 Å². The van der Waals surface area contributed by atoms with Crippen molar-refractivity contribution >= 4 is 22.9 Å². The van der Waals surface area contributed by atoms with Gasteiger partial charge in [-0.2, -0.15) is 0 Å². The van der Waals surface area contributed by atoms with Crippen LogP contribution in [0.5, 0.6) is 0 Å². The van der Waals surface area contributed by atoms with E-state index < -0.39 is 0 Å². The number of nitrogens with zero attached hydrogens (tertiary/aromatic N) is 1. The highest BCUT2D eigenvalue weighted by Gasteiger charge is 2.40. The van der Waals surface area contributed by atoms with Crippen molar-refractivity contribution in [2.24, 2.45) is 27.8 Å². The Morgan fingerprint density at radius 1 is 0.769 bits per heavy atom. The maximum atomic E-state index is 5.62. The lowest BCUT2D eigenvalue weighted by Gasteiger charge is -2.43. The van der Waals surface area contributed by atoms with Gasteiger partial charge < -0.3 is 11.5 Å². The maximum absolute atomic E-state index is 5.62. The Hall–Kier alpha value is -0.250. The molecule has 4 N–H and O–H groups in total. The second-order valence-electron chi connectivity index (χ2n) is 9.04. The van der Waals surface area contributed by atoms with Crippen molar-refractivity contribution < 1.29 is 0 Å². The topological polar surface area (TPSA) is 64.4 Å². The molecule has 0 amide bonds. The zero-order valence-electron chi connectivity index (χ0n) is 18.6. The summed E-state index contributed by atoms with van der Waals surface area (Å²) in [6.07, 6.45) is 16.6. The molecule has 0 aromatic heterocycles. The molecule has 0 aliphatic heterocycles. The molecule has 0 saturated carbocycles. The molecule has 0 spiro atoms. The lowest BCUT2D eigenvalue weighted by atomic mass is 9.65. The van der Waals surface area contributed by atoms with Crippen LogP contribution in [0, 0.1) is 11.3 Å². The Bertz CT molecular complexity index is 360. The first-order valence-electron chi connectivity index (χ1n) is 10.8. The number of unbranched alkanes of at least 4 members (excludes halogenated alkanes) is 10. The molecular weight excluding hydrogens is 386 g/mol. The van der Waals surface area contributed by atoms with E-state index in [1.165, 1.54) is 77.0 Å². The lowest BCUT2D eigenvalue weighted by Crippen LogP contribution is -2.44. The fraction of sp³-hybridized carbons (Fsp3) is 0.955. The van der Waals surface area contributed by atoms with Gasteiger partial charge in [0.1, 0.15) is 0 Å². The molecule has 1 unspecified atom stereocenters. The first kappa shape index (κ1) is 28.0. The van der Waals surface area contributed by atoms with Crippen LogP contribution in [0.2, 0.25) is 0 Å². The number of rotatable bonds is 15. The van der Waals surface area contributed by atoms with Crippen molar-refractivity contribution in [1.82, 2.24) is 0 Å². The minimum Gasteiger partial charge on any atom is -0.370 e. The Morgan fingerprint density at radius 3 is 1.54 bits per heavy atom. The van der Waals surface area contributed by atoms with Crippen molar-refractivity contribution in [1.29, 1.82) is 0 Å². The first-order valence-corrected chi connectivity index (χ1v) is 10.8. The third-order valence-electron chi connectivity index (χ3n) is 6.46. The van der Waals surface area contributed by atoms with E-state index >= 15 is 0 Å². The quantitative estimate of drug-likeness (QED) is 0.166. The number of nitrogens with two attached hydrogens (primary N) is 2. The maximum Gasteiger partial charge on any atom is 0.186 e. The number of aliphatic imine (C=N–C) groups is 1. The smallest absolute Gasteiger partial charge is 0.186 e. The molecule has 0 radical (unpaired) electrons. The van der Waals surface area contributed by atoms with Gasteiger partial charge in [0.05, 0.1) is 5.54 Å². The van der Waals surface area contributed by atoms with Gasteiger partial charge in [0.2, 0.25) is 0 Å². The van der Waals surface area contributed by atoms with Crippen molar-refractivity contribution in [2.75, 3.05) is 0 Å². The number of hydrogen-bond acceptors (Lipinski definition) is 1. The molecule has 4 heteroatoms. The summed E-state index contributed by atoms with van der Waals surface area (Å²) in [5.74, 6) is 0.795. The average Bonchev–Trinajstić information content (AvgIpc) is 2.50. The highest BCUT2D eigenvalue weighted by molar-refractivity contribution is 8.93. The fourth-order valence-electron chi connectivity index (χ4n) is 3.55. The second kappa shape index (κ2) is 14.8. The van der Waals surface area contributed by atoms with E-state index in [2.05, 4.69) is 46.5 Å². The van der Waals surface area contributed by atoms with Gasteiger partial charge in [0.15, 0.2) is 5.96 Å². The molecule has 0 fully saturated rings. The molecule has 0 aliphatic rings. The van der Waals surface area contributed by atoms with E-state index in [-0.39, 0.29) is 33.9 Å². The van der Waals surface area contributed by atoms with Crippen LogP contribution in [-0.4, -0.2) is 11.5 Å². The third-order valence-corrected chi connectivity index (χ3v) is 6.46. The van der Waals surface area contributed by atoms with E-state index in [1.807, 2.05) is 0 Å². The van der Waals surface area contributed by atoms with E-state index in [0.717, 1.165) is 0 Å². The van der Waals surface area contributed by atoms with Crippen LogP contribution in [0.3, 0.4) is 0 Å². The van der Waals surface area contributed by atoms with Crippen LogP contribution in [0.25, 0.3) is 0 Å². The number of halogens is 1. The molecule has 0 aromatic rings. The van der Waals surface area contributed by atoms with Gasteiger partial charge in [-0.25, -0.2) is 4.99 Å². The van der Waals surface area contributed by atoms with E-state index in [9.17, 15) is 0 Å². The van der Waals surface area contributed by atoms with E-state index in [4.69, 9.17) is 11.5 Å². The molecule has 0 rings (SSSR count). The monoisotopic (exact) mass is 433 g/mol. The van der Waals surface area contributed by atoms with Gasteiger partial charge in [-0.05, 0) is 25.2 Å². The molecule has 0 bridgehead atoms. The van der Waals surface area contributed by atoms with Crippen molar-refractivity contribution in [3.8, 4) is 0 Å². The molecule has 0 saturated heterocycles. The van der Waals surface area contributed by atoms with Crippen LogP contribution in [0.15, 0.2) is 4.99 Å². The first-order chi connectivity index (χ1) is 11.6. The van der Waals surface area contributed by atoms with Gasteiger partial charge in [-0.1, -0.05) is 105 Å². The number of guanidine groups is 1. The lowest BCUT2D eigenvalue weighted by molar-refractivity contribution is 0.112. The summed E-state index contributed by atoms with van der Waals surface area (Å²) in [5, 5.41) is 0. The van der Waals surface area contributed by atoms with Crippen LogP contribution in [0.1, 0.15) is 119 Å². The third kappa shape index (κ3) is 11.5. The summed E-state index contributed by atoms with van der Waals surface area (Å²) in [6, 6.07) is 0. The summed E-state index contributed by atoms with van der Waals surface area (Å²) in [5.41, 5.74) is 11.1. The van der Waals surface area contributed by atoms with Gasteiger partial charge in [-0.3, -0.25) is 0 Å². The van der Waals surface area contributed by atoms with Crippen molar-refractivity contribution in [3.63, 3.8) is 0 Å². The predicted molar refractivity (Wildman–Crippen MR) is 124 cm³/mol. The predicted octanol–water partition coefficient (Wildman–Crippen LogP) is 6.98. The van der Waals surface area contributed by atoms with Crippen LogP contribution >= 0.6 is 17.0 Å². The summed E-state index contributed by atoms with van der Waals surface area (Å²) in [7, 11) is 0. The molecular formula is C22H48BrN3. The molecule has 158 valence electrons. The minimum absolute atomic E-state index is 0.